The highest BCUT2D eigenvalue weighted by Gasteiger charge is 2.07. The van der Waals surface area contributed by atoms with E-state index >= 15 is 0 Å². The lowest BCUT2D eigenvalue weighted by atomic mass is 10.2. The number of imidazole rings is 1. The van der Waals surface area contributed by atoms with Crippen LogP contribution < -0.4 is 0 Å². The van der Waals surface area contributed by atoms with Crippen molar-refractivity contribution in [2.75, 3.05) is 0 Å². The number of para-hydroxylation sites is 2. The molecule has 0 radical (unpaired) electrons. The van der Waals surface area contributed by atoms with Gasteiger partial charge in [0.25, 0.3) is 0 Å². The largest absolute Gasteiger partial charge is 0.333 e. The Hall–Kier alpha value is -2.11. The number of nitrogens with zero attached hydrogens (tertiary/aromatic N) is 2. The first-order chi connectivity index (χ1) is 10.9. The molecule has 4 aromatic rings. The van der Waals surface area contributed by atoms with Gasteiger partial charge in [0.15, 0.2) is 5.16 Å². The minimum atomic E-state index is 0.823. The van der Waals surface area contributed by atoms with Crippen LogP contribution in [0.1, 0.15) is 5.69 Å². The van der Waals surface area contributed by atoms with Gasteiger partial charge in [0, 0.05) is 16.7 Å². The zero-order valence-corrected chi connectivity index (χ0v) is 13.3. The molecule has 22 heavy (non-hydrogen) atoms. The van der Waals surface area contributed by atoms with Crippen molar-refractivity contribution < 1.29 is 0 Å². The van der Waals surface area contributed by atoms with E-state index in [1.54, 1.807) is 23.1 Å². The van der Waals surface area contributed by atoms with Crippen molar-refractivity contribution in [1.29, 1.82) is 0 Å². The number of aromatic nitrogens is 3. The smallest absolute Gasteiger partial charge is 0.166 e. The van der Waals surface area contributed by atoms with Gasteiger partial charge in [-0.1, -0.05) is 54.2 Å². The number of thiazole rings is 1. The summed E-state index contributed by atoms with van der Waals surface area (Å²) >= 11 is 3.37. The summed E-state index contributed by atoms with van der Waals surface area (Å²) in [6, 6.07) is 18.4. The lowest BCUT2D eigenvalue weighted by molar-refractivity contribution is 1.07. The fourth-order valence-electron chi connectivity index (χ4n) is 2.23. The lowest BCUT2D eigenvalue weighted by Gasteiger charge is -1.95. The minimum Gasteiger partial charge on any atom is -0.333 e. The van der Waals surface area contributed by atoms with Crippen molar-refractivity contribution in [2.45, 2.75) is 10.9 Å². The molecule has 2 aromatic heterocycles. The minimum absolute atomic E-state index is 0.823. The molecule has 0 aliphatic rings. The second-order valence-corrected chi connectivity index (χ2v) is 6.68. The topological polar surface area (TPSA) is 41.6 Å². The van der Waals surface area contributed by atoms with Crippen molar-refractivity contribution in [3.8, 4) is 10.6 Å². The quantitative estimate of drug-likeness (QED) is 0.539. The molecule has 0 amide bonds. The predicted octanol–water partition coefficient (Wildman–Crippen LogP) is 4.98. The molecule has 4 rings (SSSR count). The summed E-state index contributed by atoms with van der Waals surface area (Å²) in [5.74, 6) is 0.823. The number of aromatic amines is 1. The van der Waals surface area contributed by atoms with Gasteiger partial charge >= 0.3 is 0 Å². The van der Waals surface area contributed by atoms with Crippen LogP contribution in [0.2, 0.25) is 0 Å². The average molecular weight is 323 g/mol. The number of benzene rings is 2. The molecule has 0 spiro atoms. The van der Waals surface area contributed by atoms with E-state index in [4.69, 9.17) is 4.98 Å². The van der Waals surface area contributed by atoms with Crippen LogP contribution in [0.25, 0.3) is 21.6 Å². The van der Waals surface area contributed by atoms with Crippen molar-refractivity contribution >= 4 is 34.1 Å². The lowest BCUT2D eigenvalue weighted by Crippen LogP contribution is -1.83. The average Bonchev–Trinajstić information content (AvgIpc) is 3.20. The van der Waals surface area contributed by atoms with Crippen molar-refractivity contribution in [2.24, 2.45) is 0 Å². The van der Waals surface area contributed by atoms with Gasteiger partial charge in [-0.2, -0.15) is 0 Å². The molecular formula is C17H13N3S2. The maximum atomic E-state index is 4.71. The highest BCUT2D eigenvalue weighted by atomic mass is 32.2. The predicted molar refractivity (Wildman–Crippen MR) is 93.2 cm³/mol. The number of fused-ring (bicyclic) bond motifs is 1. The maximum absolute atomic E-state index is 4.71. The number of nitrogens with one attached hydrogen (secondary N) is 1. The standard InChI is InChI=1S/C17H13N3S2/c1-2-6-12(7-3-1)16-18-13(10-21-16)11-22-17-19-14-8-4-5-9-15(14)20-17/h1-10H,11H2,(H,19,20). The van der Waals surface area contributed by atoms with E-state index < -0.39 is 0 Å². The van der Waals surface area contributed by atoms with Crippen LogP contribution in [0.4, 0.5) is 0 Å². The van der Waals surface area contributed by atoms with Crippen molar-refractivity contribution in [3.63, 3.8) is 0 Å². The van der Waals surface area contributed by atoms with E-state index in [1.807, 2.05) is 42.5 Å². The van der Waals surface area contributed by atoms with Crippen molar-refractivity contribution in [1.82, 2.24) is 15.0 Å². The Labute approximate surface area is 136 Å². The zero-order chi connectivity index (χ0) is 14.8. The molecule has 2 heterocycles. The van der Waals surface area contributed by atoms with Crippen LogP contribution in [-0.4, -0.2) is 15.0 Å². The second kappa shape index (κ2) is 5.94. The van der Waals surface area contributed by atoms with E-state index in [-0.39, 0.29) is 0 Å². The Bertz CT molecular complexity index is 863. The summed E-state index contributed by atoms with van der Waals surface area (Å²) in [7, 11) is 0. The first-order valence-corrected chi connectivity index (χ1v) is 8.82. The molecule has 1 N–H and O–H groups in total. The van der Waals surface area contributed by atoms with E-state index in [0.717, 1.165) is 32.6 Å². The van der Waals surface area contributed by atoms with Crippen LogP contribution in [0.3, 0.4) is 0 Å². The molecular weight excluding hydrogens is 310 g/mol. The Morgan fingerprint density at radius 2 is 1.77 bits per heavy atom. The molecule has 0 unspecified atom stereocenters. The summed E-state index contributed by atoms with van der Waals surface area (Å²) in [6.07, 6.45) is 0. The first kappa shape index (κ1) is 13.5. The van der Waals surface area contributed by atoms with Crippen LogP contribution in [0, 0.1) is 0 Å². The molecule has 108 valence electrons. The van der Waals surface area contributed by atoms with Gasteiger partial charge in [-0.05, 0) is 12.1 Å². The fourth-order valence-corrected chi connectivity index (χ4v) is 3.94. The molecule has 0 bridgehead atoms. The van der Waals surface area contributed by atoms with Gasteiger partial charge in [0.2, 0.25) is 0 Å². The molecule has 0 saturated heterocycles. The van der Waals surface area contributed by atoms with Gasteiger partial charge < -0.3 is 4.98 Å². The molecule has 0 aliphatic carbocycles. The molecule has 3 nitrogen and oxygen atoms in total. The molecule has 0 aliphatic heterocycles. The summed E-state index contributed by atoms with van der Waals surface area (Å²) in [5, 5.41) is 4.13. The first-order valence-electron chi connectivity index (χ1n) is 6.96. The fraction of sp³-hybridized carbons (Fsp3) is 0.0588. The third kappa shape index (κ3) is 2.77. The molecule has 2 aromatic carbocycles. The number of hydrogen-bond acceptors (Lipinski definition) is 4. The molecule has 0 saturated carbocycles. The van der Waals surface area contributed by atoms with Crippen LogP contribution in [-0.2, 0) is 5.75 Å². The Kier molecular flexibility index (Phi) is 3.66. The van der Waals surface area contributed by atoms with E-state index in [9.17, 15) is 0 Å². The van der Waals surface area contributed by atoms with Gasteiger partial charge in [-0.25, -0.2) is 9.97 Å². The van der Waals surface area contributed by atoms with E-state index in [0.29, 0.717) is 0 Å². The molecule has 5 heteroatoms. The van der Waals surface area contributed by atoms with Crippen molar-refractivity contribution in [3.05, 3.63) is 65.7 Å². The monoisotopic (exact) mass is 323 g/mol. The van der Waals surface area contributed by atoms with E-state index in [2.05, 4.69) is 27.5 Å². The zero-order valence-electron chi connectivity index (χ0n) is 11.7. The Morgan fingerprint density at radius 1 is 0.955 bits per heavy atom. The van der Waals surface area contributed by atoms with Gasteiger partial charge in [0.05, 0.1) is 16.7 Å². The van der Waals surface area contributed by atoms with Crippen LogP contribution >= 0.6 is 23.1 Å². The highest BCUT2D eigenvalue weighted by molar-refractivity contribution is 7.98. The van der Waals surface area contributed by atoms with Crippen LogP contribution in [0.5, 0.6) is 0 Å². The number of rotatable bonds is 4. The van der Waals surface area contributed by atoms with Gasteiger partial charge in [-0.15, -0.1) is 11.3 Å². The number of thioether (sulfide) groups is 1. The normalized spacial score (nSPS) is 11.1. The number of H-pyrrole nitrogens is 1. The Morgan fingerprint density at radius 3 is 2.64 bits per heavy atom. The number of hydrogen-bond donors (Lipinski definition) is 1. The summed E-state index contributed by atoms with van der Waals surface area (Å²) < 4.78 is 0. The Balaban J connectivity index is 1.49. The van der Waals surface area contributed by atoms with E-state index in [1.165, 1.54) is 5.56 Å². The van der Waals surface area contributed by atoms with Gasteiger partial charge in [0.1, 0.15) is 5.01 Å². The summed E-state index contributed by atoms with van der Waals surface area (Å²) in [5.41, 5.74) is 4.35. The third-order valence-electron chi connectivity index (χ3n) is 3.30. The molecule has 0 fully saturated rings. The van der Waals surface area contributed by atoms with Crippen LogP contribution in [0.15, 0.2) is 65.1 Å². The third-order valence-corrected chi connectivity index (χ3v) is 5.14. The molecule has 0 atom stereocenters. The highest BCUT2D eigenvalue weighted by Crippen LogP contribution is 2.27. The summed E-state index contributed by atoms with van der Waals surface area (Å²) in [4.78, 5) is 12.6. The maximum Gasteiger partial charge on any atom is 0.166 e. The second-order valence-electron chi connectivity index (χ2n) is 4.86. The summed E-state index contributed by atoms with van der Waals surface area (Å²) in [6.45, 7) is 0. The SMILES string of the molecule is c1ccc(-c2nc(CSc3nc4ccccc4[nH]3)cs2)cc1. The van der Waals surface area contributed by atoms with Gasteiger partial charge in [-0.3, -0.25) is 0 Å².